The van der Waals surface area contributed by atoms with E-state index in [0.717, 1.165) is 47.5 Å². The Bertz CT molecular complexity index is 1180. The lowest BCUT2D eigenvalue weighted by Gasteiger charge is -2.30. The van der Waals surface area contributed by atoms with Crippen molar-refractivity contribution < 1.29 is 4.79 Å². The highest BCUT2D eigenvalue weighted by molar-refractivity contribution is 6.28. The largest absolute Gasteiger partial charge is 0.364 e. The molecule has 1 saturated carbocycles. The molecule has 0 spiro atoms. The molecule has 0 unspecified atom stereocenters. The molecule has 0 radical (unpaired) electrons. The summed E-state index contributed by atoms with van der Waals surface area (Å²) in [6, 6.07) is 12.0. The molecular weight excluding hydrogens is 378 g/mol. The van der Waals surface area contributed by atoms with Crippen molar-refractivity contribution in [2.24, 2.45) is 5.73 Å². The van der Waals surface area contributed by atoms with E-state index in [9.17, 15) is 4.79 Å². The van der Waals surface area contributed by atoms with Crippen molar-refractivity contribution in [3.63, 3.8) is 0 Å². The molecule has 0 bridgehead atoms. The molecule has 0 atom stereocenters. The molecule has 3 heterocycles. The summed E-state index contributed by atoms with van der Waals surface area (Å²) in [4.78, 5) is 17.5. The summed E-state index contributed by atoms with van der Waals surface area (Å²) >= 11 is 0. The van der Waals surface area contributed by atoms with Gasteiger partial charge in [-0.25, -0.2) is 0 Å². The Hall–Kier alpha value is -3.81. The molecule has 8 nitrogen and oxygen atoms in total. The summed E-state index contributed by atoms with van der Waals surface area (Å²) in [5.41, 5.74) is 9.00. The van der Waals surface area contributed by atoms with Crippen molar-refractivity contribution >= 4 is 23.0 Å². The van der Waals surface area contributed by atoms with E-state index in [2.05, 4.69) is 25.8 Å². The summed E-state index contributed by atoms with van der Waals surface area (Å²) in [7, 11) is 0. The molecule has 1 amide bonds. The number of nitrogens with two attached hydrogens (primary N) is 1. The Morgan fingerprint density at radius 1 is 1.17 bits per heavy atom. The third-order valence-electron chi connectivity index (χ3n) is 5.48. The average Bonchev–Trinajstić information content (AvgIpc) is 3.50. The lowest BCUT2D eigenvalue weighted by molar-refractivity contribution is 0.0995. The predicted molar refractivity (Wildman–Crippen MR) is 114 cm³/mol. The number of primary amides is 1. The summed E-state index contributed by atoms with van der Waals surface area (Å²) in [5, 5.41) is 17.2. The molecule has 1 fully saturated rings. The Morgan fingerprint density at radius 3 is 2.83 bits per heavy atom. The molecule has 3 N–H and O–H groups in total. The molecule has 1 aromatic carbocycles. The monoisotopic (exact) mass is 399 g/mol. The van der Waals surface area contributed by atoms with Crippen molar-refractivity contribution in [1.82, 2.24) is 19.7 Å². The molecule has 8 heteroatoms. The van der Waals surface area contributed by atoms with Crippen LogP contribution in [0.4, 0.5) is 5.69 Å². The Balaban J connectivity index is 1.46. The van der Waals surface area contributed by atoms with Crippen LogP contribution < -0.4 is 10.6 Å². The number of nitrogens with one attached hydrogen (secondary N) is 1. The number of anilines is 1. The molecule has 2 aliphatic rings. The number of amides is 1. The number of aromatic nitrogens is 4. The van der Waals surface area contributed by atoms with Gasteiger partial charge in [-0.2, -0.15) is 0 Å². The highest BCUT2D eigenvalue weighted by Gasteiger charge is 2.27. The van der Waals surface area contributed by atoms with Gasteiger partial charge >= 0.3 is 0 Å². The standard InChI is InChI=1S/C22H21N7O/c23-20-18(14-8-9-25-19(12-14)21(24)30)5-2-10-28(20)17-4-1-3-15(11-17)22-27-26-13-29(22)16-6-7-16/h1,3-5,8-9,11-13,16,23H,2,6-7,10H2,(H2,24,30). The zero-order valence-electron chi connectivity index (χ0n) is 16.3. The highest BCUT2D eigenvalue weighted by atomic mass is 16.1. The van der Waals surface area contributed by atoms with Crippen molar-refractivity contribution in [3.05, 3.63) is 66.3 Å². The van der Waals surface area contributed by atoms with Crippen LogP contribution in [-0.2, 0) is 0 Å². The number of nitrogens with zero attached hydrogens (tertiary/aromatic N) is 5. The predicted octanol–water partition coefficient (Wildman–Crippen LogP) is 3.04. The van der Waals surface area contributed by atoms with Gasteiger partial charge in [0.05, 0.1) is 0 Å². The maximum atomic E-state index is 11.5. The van der Waals surface area contributed by atoms with E-state index in [-0.39, 0.29) is 5.69 Å². The average molecular weight is 399 g/mol. The van der Waals surface area contributed by atoms with Gasteiger partial charge in [0.25, 0.3) is 5.91 Å². The van der Waals surface area contributed by atoms with Crippen LogP contribution in [-0.4, -0.2) is 38.0 Å². The number of carbonyl (C=O) groups excluding carboxylic acids is 1. The number of amidine groups is 1. The smallest absolute Gasteiger partial charge is 0.267 e. The van der Waals surface area contributed by atoms with Gasteiger partial charge in [-0.1, -0.05) is 18.2 Å². The molecule has 1 aliphatic carbocycles. The number of carbonyl (C=O) groups is 1. The molecule has 2 aromatic heterocycles. The minimum atomic E-state index is -0.580. The summed E-state index contributed by atoms with van der Waals surface area (Å²) in [6.45, 7) is 0.703. The van der Waals surface area contributed by atoms with E-state index < -0.39 is 5.91 Å². The second kappa shape index (κ2) is 7.22. The lowest BCUT2D eigenvalue weighted by Crippen LogP contribution is -2.34. The van der Waals surface area contributed by atoms with Crippen LogP contribution in [0.15, 0.2) is 55.0 Å². The van der Waals surface area contributed by atoms with E-state index in [1.807, 2.05) is 29.2 Å². The Kier molecular flexibility index (Phi) is 4.39. The zero-order chi connectivity index (χ0) is 20.7. The van der Waals surface area contributed by atoms with E-state index in [1.165, 1.54) is 0 Å². The SMILES string of the molecule is N=C1C(c2ccnc(C(N)=O)c2)=CCCN1c1cccc(-c2nncn2C2CC2)c1. The van der Waals surface area contributed by atoms with E-state index in [0.29, 0.717) is 18.4 Å². The fourth-order valence-corrected chi connectivity index (χ4v) is 3.82. The lowest BCUT2D eigenvalue weighted by atomic mass is 9.99. The third kappa shape index (κ3) is 3.26. The summed E-state index contributed by atoms with van der Waals surface area (Å²) in [5.74, 6) is 0.659. The van der Waals surface area contributed by atoms with Gasteiger partial charge in [0.1, 0.15) is 17.9 Å². The van der Waals surface area contributed by atoms with E-state index in [4.69, 9.17) is 11.1 Å². The van der Waals surface area contributed by atoms with Crippen molar-refractivity contribution in [2.45, 2.75) is 25.3 Å². The fraction of sp³-hybridized carbons (Fsp3) is 0.227. The van der Waals surface area contributed by atoms with Crippen LogP contribution in [0.5, 0.6) is 0 Å². The number of benzene rings is 1. The fourth-order valence-electron chi connectivity index (χ4n) is 3.82. The van der Waals surface area contributed by atoms with Gasteiger partial charge in [0.15, 0.2) is 5.82 Å². The second-order valence-electron chi connectivity index (χ2n) is 7.54. The maximum absolute atomic E-state index is 11.5. The normalized spacial score (nSPS) is 16.5. The first kappa shape index (κ1) is 18.2. The van der Waals surface area contributed by atoms with Crippen LogP contribution in [0.1, 0.15) is 41.4 Å². The molecule has 1 aliphatic heterocycles. The third-order valence-corrected chi connectivity index (χ3v) is 5.48. The first-order chi connectivity index (χ1) is 14.6. The molecule has 3 aromatic rings. The van der Waals surface area contributed by atoms with Crippen LogP contribution in [0.25, 0.3) is 17.0 Å². The first-order valence-electron chi connectivity index (χ1n) is 9.94. The highest BCUT2D eigenvalue weighted by Crippen LogP contribution is 2.38. The van der Waals surface area contributed by atoms with Gasteiger partial charge < -0.3 is 15.2 Å². The Morgan fingerprint density at radius 2 is 2.03 bits per heavy atom. The molecule has 5 rings (SSSR count). The Labute approximate surface area is 173 Å². The van der Waals surface area contributed by atoms with Gasteiger partial charge in [-0.05, 0) is 49.1 Å². The van der Waals surface area contributed by atoms with Crippen LogP contribution in [0, 0.1) is 5.41 Å². The second-order valence-corrected chi connectivity index (χ2v) is 7.54. The van der Waals surface area contributed by atoms with Gasteiger partial charge in [-0.3, -0.25) is 15.2 Å². The quantitative estimate of drug-likeness (QED) is 0.684. The van der Waals surface area contributed by atoms with Gasteiger partial charge in [0, 0.05) is 35.6 Å². The van der Waals surface area contributed by atoms with Crippen LogP contribution in [0.2, 0.25) is 0 Å². The van der Waals surface area contributed by atoms with Crippen molar-refractivity contribution in [1.29, 1.82) is 5.41 Å². The van der Waals surface area contributed by atoms with Crippen LogP contribution >= 0.6 is 0 Å². The van der Waals surface area contributed by atoms with E-state index in [1.54, 1.807) is 24.7 Å². The summed E-state index contributed by atoms with van der Waals surface area (Å²) < 4.78 is 2.13. The minimum absolute atomic E-state index is 0.194. The van der Waals surface area contributed by atoms with Crippen molar-refractivity contribution in [3.8, 4) is 11.4 Å². The molecule has 0 saturated heterocycles. The van der Waals surface area contributed by atoms with Gasteiger partial charge in [0.2, 0.25) is 0 Å². The number of pyridine rings is 1. The van der Waals surface area contributed by atoms with Crippen molar-refractivity contribution in [2.75, 3.05) is 11.4 Å². The minimum Gasteiger partial charge on any atom is -0.364 e. The number of rotatable bonds is 5. The first-order valence-corrected chi connectivity index (χ1v) is 9.94. The molecule has 150 valence electrons. The number of hydrogen-bond acceptors (Lipinski definition) is 5. The van der Waals surface area contributed by atoms with Gasteiger partial charge in [-0.15, -0.1) is 10.2 Å². The zero-order valence-corrected chi connectivity index (χ0v) is 16.3. The summed E-state index contributed by atoms with van der Waals surface area (Å²) in [6.07, 6.45) is 8.47. The van der Waals surface area contributed by atoms with E-state index >= 15 is 0 Å². The molecule has 30 heavy (non-hydrogen) atoms. The van der Waals surface area contributed by atoms with Crippen LogP contribution in [0.3, 0.4) is 0 Å². The topological polar surface area (TPSA) is 114 Å². The maximum Gasteiger partial charge on any atom is 0.267 e. The molecular formula is C22H21N7O. The number of hydrogen-bond donors (Lipinski definition) is 2.